The van der Waals surface area contributed by atoms with Gasteiger partial charge in [-0.05, 0) is 24.3 Å². The van der Waals surface area contributed by atoms with Crippen molar-refractivity contribution in [2.24, 2.45) is 0 Å². The molecule has 0 atom stereocenters. The molecule has 0 saturated carbocycles. The minimum Gasteiger partial charge on any atom is -0.454 e. The van der Waals surface area contributed by atoms with Gasteiger partial charge < -0.3 is 9.47 Å². The number of imidazole rings is 1. The van der Waals surface area contributed by atoms with Crippen LogP contribution in [0.2, 0.25) is 0 Å². The molecular formula is C14H9N3O3. The second kappa shape index (κ2) is 4.06. The van der Waals surface area contributed by atoms with Gasteiger partial charge >= 0.3 is 0 Å². The van der Waals surface area contributed by atoms with Crippen molar-refractivity contribution in [2.75, 3.05) is 6.79 Å². The molecule has 0 spiro atoms. The Labute approximate surface area is 113 Å². The number of ether oxygens (including phenoxy) is 2. The average molecular weight is 267 g/mol. The van der Waals surface area contributed by atoms with Crippen LogP contribution in [-0.4, -0.2) is 27.4 Å². The molecule has 98 valence electrons. The summed E-state index contributed by atoms with van der Waals surface area (Å²) in [5, 5.41) is 0. The van der Waals surface area contributed by atoms with Crippen molar-refractivity contribution < 1.29 is 14.3 Å². The van der Waals surface area contributed by atoms with E-state index in [-0.39, 0.29) is 6.79 Å². The van der Waals surface area contributed by atoms with E-state index in [1.54, 1.807) is 22.9 Å². The Bertz CT molecular complexity index is 826. The predicted molar refractivity (Wildman–Crippen MR) is 69.9 cm³/mol. The van der Waals surface area contributed by atoms with E-state index in [2.05, 4.69) is 9.97 Å². The Morgan fingerprint density at radius 3 is 3.05 bits per heavy atom. The maximum absolute atomic E-state index is 11.4. The third-order valence-electron chi connectivity index (χ3n) is 3.20. The number of hydrogen-bond acceptors (Lipinski definition) is 5. The van der Waals surface area contributed by atoms with Crippen molar-refractivity contribution in [3.05, 3.63) is 42.4 Å². The average Bonchev–Trinajstić information content (AvgIpc) is 3.10. The number of carbonyl (C=O) groups is 1. The number of nitrogens with zero attached hydrogens (tertiary/aromatic N) is 3. The summed E-state index contributed by atoms with van der Waals surface area (Å²) in [7, 11) is 0. The van der Waals surface area contributed by atoms with Gasteiger partial charge in [0.25, 0.3) is 0 Å². The number of aromatic nitrogens is 3. The fourth-order valence-electron chi connectivity index (χ4n) is 2.27. The Hall–Kier alpha value is -2.89. The molecule has 0 radical (unpaired) electrons. The molecule has 1 aromatic carbocycles. The highest BCUT2D eigenvalue weighted by Crippen LogP contribution is 2.36. The minimum atomic E-state index is 0.214. The molecule has 0 N–H and O–H groups in total. The van der Waals surface area contributed by atoms with Crippen LogP contribution in [0.15, 0.2) is 36.7 Å². The van der Waals surface area contributed by atoms with Gasteiger partial charge in [0.05, 0.1) is 0 Å². The second-order valence-electron chi connectivity index (χ2n) is 4.32. The first-order valence-electron chi connectivity index (χ1n) is 6.05. The van der Waals surface area contributed by atoms with Crippen molar-refractivity contribution in [2.45, 2.75) is 0 Å². The Balaban J connectivity index is 1.95. The summed E-state index contributed by atoms with van der Waals surface area (Å²) in [6.45, 7) is 0.214. The molecule has 0 aliphatic carbocycles. The van der Waals surface area contributed by atoms with E-state index >= 15 is 0 Å². The van der Waals surface area contributed by atoms with Crippen LogP contribution in [0.1, 0.15) is 10.5 Å². The van der Waals surface area contributed by atoms with Crippen LogP contribution in [0.4, 0.5) is 0 Å². The highest BCUT2D eigenvalue weighted by molar-refractivity contribution is 5.86. The van der Waals surface area contributed by atoms with Crippen LogP contribution in [0.5, 0.6) is 11.5 Å². The van der Waals surface area contributed by atoms with Gasteiger partial charge in [0.15, 0.2) is 17.8 Å². The van der Waals surface area contributed by atoms with Crippen molar-refractivity contribution in [3.63, 3.8) is 0 Å². The van der Waals surface area contributed by atoms with Crippen molar-refractivity contribution in [1.82, 2.24) is 14.4 Å². The molecule has 3 aromatic rings. The van der Waals surface area contributed by atoms with Gasteiger partial charge in [-0.2, -0.15) is 0 Å². The van der Waals surface area contributed by atoms with Crippen LogP contribution in [0.25, 0.3) is 17.0 Å². The van der Waals surface area contributed by atoms with E-state index in [4.69, 9.17) is 9.47 Å². The second-order valence-corrected chi connectivity index (χ2v) is 4.32. The summed E-state index contributed by atoms with van der Waals surface area (Å²) in [4.78, 5) is 19.9. The van der Waals surface area contributed by atoms with Gasteiger partial charge in [-0.1, -0.05) is 0 Å². The molecule has 2 aromatic heterocycles. The maximum atomic E-state index is 11.4. The largest absolute Gasteiger partial charge is 0.454 e. The normalized spacial score (nSPS) is 12.8. The molecular weight excluding hydrogens is 258 g/mol. The smallest absolute Gasteiger partial charge is 0.234 e. The Morgan fingerprint density at radius 1 is 1.25 bits per heavy atom. The molecule has 1 aliphatic rings. The quantitative estimate of drug-likeness (QED) is 0.664. The first kappa shape index (κ1) is 11.0. The summed E-state index contributed by atoms with van der Waals surface area (Å²) in [5.74, 6) is 1.84. The SMILES string of the molecule is O=Cc1c(-c2ccc3c(c2)OCO3)nc2ncccn12. The standard InChI is InChI=1S/C14H9N3O3/c18-7-10-13(16-14-15-4-1-5-17(10)14)9-2-3-11-12(6-9)20-8-19-11/h1-7H,8H2. The lowest BCUT2D eigenvalue weighted by molar-refractivity contribution is 0.111. The molecule has 6 heteroatoms. The van der Waals surface area contributed by atoms with Crippen LogP contribution in [-0.2, 0) is 0 Å². The van der Waals surface area contributed by atoms with E-state index in [0.29, 0.717) is 28.7 Å². The van der Waals surface area contributed by atoms with Crippen LogP contribution < -0.4 is 9.47 Å². The fraction of sp³-hybridized carbons (Fsp3) is 0.0714. The molecule has 4 rings (SSSR count). The van der Waals surface area contributed by atoms with Gasteiger partial charge in [-0.15, -0.1) is 0 Å². The first-order valence-corrected chi connectivity index (χ1v) is 6.05. The number of benzene rings is 1. The molecule has 0 unspecified atom stereocenters. The fourth-order valence-corrected chi connectivity index (χ4v) is 2.27. The van der Waals surface area contributed by atoms with Crippen LogP contribution in [0.3, 0.4) is 0 Å². The molecule has 0 bridgehead atoms. The van der Waals surface area contributed by atoms with E-state index in [1.165, 1.54) is 0 Å². The van der Waals surface area contributed by atoms with Crippen molar-refractivity contribution in [1.29, 1.82) is 0 Å². The molecule has 0 saturated heterocycles. The molecule has 20 heavy (non-hydrogen) atoms. The molecule has 6 nitrogen and oxygen atoms in total. The monoisotopic (exact) mass is 267 g/mol. The van der Waals surface area contributed by atoms with E-state index in [1.807, 2.05) is 18.2 Å². The van der Waals surface area contributed by atoms with Crippen molar-refractivity contribution in [3.8, 4) is 22.8 Å². The Morgan fingerprint density at radius 2 is 2.15 bits per heavy atom. The lowest BCUT2D eigenvalue weighted by Crippen LogP contribution is -1.93. The summed E-state index contributed by atoms with van der Waals surface area (Å²) >= 11 is 0. The number of rotatable bonds is 2. The topological polar surface area (TPSA) is 65.7 Å². The molecule has 0 fully saturated rings. The van der Waals surface area contributed by atoms with Gasteiger partial charge in [0.2, 0.25) is 12.6 Å². The number of aldehydes is 1. The van der Waals surface area contributed by atoms with Gasteiger partial charge in [0, 0.05) is 18.0 Å². The Kier molecular flexibility index (Phi) is 2.23. The molecule has 3 heterocycles. The predicted octanol–water partition coefficient (Wildman–Crippen LogP) is 1.94. The van der Waals surface area contributed by atoms with E-state index < -0.39 is 0 Å². The molecule has 1 aliphatic heterocycles. The maximum Gasteiger partial charge on any atom is 0.234 e. The minimum absolute atomic E-state index is 0.214. The summed E-state index contributed by atoms with van der Waals surface area (Å²) in [6.07, 6.45) is 4.18. The van der Waals surface area contributed by atoms with E-state index in [9.17, 15) is 4.79 Å². The number of carbonyl (C=O) groups excluding carboxylic acids is 1. The zero-order valence-corrected chi connectivity index (χ0v) is 10.3. The van der Waals surface area contributed by atoms with Gasteiger partial charge in [-0.3, -0.25) is 9.20 Å². The van der Waals surface area contributed by atoms with Crippen LogP contribution >= 0.6 is 0 Å². The zero-order chi connectivity index (χ0) is 13.5. The number of fused-ring (bicyclic) bond motifs is 2. The highest BCUT2D eigenvalue weighted by Gasteiger charge is 2.18. The van der Waals surface area contributed by atoms with Gasteiger partial charge in [-0.25, -0.2) is 9.97 Å². The first-order chi connectivity index (χ1) is 9.86. The third-order valence-corrected chi connectivity index (χ3v) is 3.20. The molecule has 0 amide bonds. The van der Waals surface area contributed by atoms with Crippen LogP contribution in [0, 0.1) is 0 Å². The lowest BCUT2D eigenvalue weighted by Gasteiger charge is -2.00. The zero-order valence-electron chi connectivity index (χ0n) is 10.3. The highest BCUT2D eigenvalue weighted by atomic mass is 16.7. The third kappa shape index (κ3) is 1.48. The lowest BCUT2D eigenvalue weighted by atomic mass is 10.1. The van der Waals surface area contributed by atoms with E-state index in [0.717, 1.165) is 11.8 Å². The summed E-state index contributed by atoms with van der Waals surface area (Å²) in [5.41, 5.74) is 1.84. The summed E-state index contributed by atoms with van der Waals surface area (Å²) < 4.78 is 12.3. The van der Waals surface area contributed by atoms with Crippen molar-refractivity contribution >= 4 is 12.1 Å². The number of hydrogen-bond donors (Lipinski definition) is 0. The van der Waals surface area contributed by atoms with Gasteiger partial charge in [0.1, 0.15) is 11.4 Å². The summed E-state index contributed by atoms with van der Waals surface area (Å²) in [6, 6.07) is 7.23.